The summed E-state index contributed by atoms with van der Waals surface area (Å²) in [6.45, 7) is 7.60. The van der Waals surface area contributed by atoms with Crippen LogP contribution in [0.25, 0.3) is 0 Å². The minimum Gasteiger partial charge on any atom is -0.481 e. The van der Waals surface area contributed by atoms with Gasteiger partial charge in [0.2, 0.25) is 0 Å². The molecule has 164 valence electrons. The summed E-state index contributed by atoms with van der Waals surface area (Å²) in [5.41, 5.74) is -0.207. The highest BCUT2D eigenvalue weighted by Gasteiger charge is 2.22. The standard InChI is InChI=1S/C22H30N2O6/c1-6-7-15-29-17-12-10-16(11-13-17)19(25)24-18(20(26)28-5)9-8-14-23-21(27)30-22(2,3)4/h10-13,18H,8-9,14-15H2,1-5H3,(H,23,27)(H,24,25)/t18-/m0/s1. The van der Waals surface area contributed by atoms with Crippen molar-refractivity contribution >= 4 is 18.0 Å². The zero-order valence-electron chi connectivity index (χ0n) is 18.2. The summed E-state index contributed by atoms with van der Waals surface area (Å²) in [5.74, 6) is 5.13. The summed E-state index contributed by atoms with van der Waals surface area (Å²) in [5, 5.41) is 5.28. The quantitative estimate of drug-likeness (QED) is 0.363. The van der Waals surface area contributed by atoms with Crippen molar-refractivity contribution in [2.45, 2.75) is 52.2 Å². The number of nitrogens with one attached hydrogen (secondary N) is 2. The van der Waals surface area contributed by atoms with Gasteiger partial charge in [0.25, 0.3) is 5.91 Å². The molecule has 8 nitrogen and oxygen atoms in total. The number of carbonyl (C=O) groups is 3. The molecule has 1 rings (SSSR count). The van der Waals surface area contributed by atoms with E-state index in [4.69, 9.17) is 14.2 Å². The Morgan fingerprint density at radius 1 is 1.13 bits per heavy atom. The van der Waals surface area contributed by atoms with Crippen LogP contribution in [-0.2, 0) is 14.3 Å². The van der Waals surface area contributed by atoms with Crippen LogP contribution in [0.3, 0.4) is 0 Å². The smallest absolute Gasteiger partial charge is 0.407 e. The number of carbonyl (C=O) groups excluding carboxylic acids is 3. The Bertz CT molecular complexity index is 772. The van der Waals surface area contributed by atoms with Gasteiger partial charge in [-0.15, -0.1) is 5.92 Å². The van der Waals surface area contributed by atoms with Crippen LogP contribution in [0.15, 0.2) is 24.3 Å². The lowest BCUT2D eigenvalue weighted by atomic mass is 10.1. The first kappa shape index (κ1) is 24.8. The summed E-state index contributed by atoms with van der Waals surface area (Å²) in [4.78, 5) is 36.1. The van der Waals surface area contributed by atoms with E-state index in [2.05, 4.69) is 22.5 Å². The minimum atomic E-state index is -0.835. The Balaban J connectivity index is 2.56. The van der Waals surface area contributed by atoms with Crippen molar-refractivity contribution in [3.8, 4) is 17.6 Å². The minimum absolute atomic E-state index is 0.268. The first-order valence-corrected chi connectivity index (χ1v) is 9.64. The molecule has 1 atom stereocenters. The molecule has 2 amide bonds. The summed E-state index contributed by atoms with van der Waals surface area (Å²) in [7, 11) is 1.26. The number of ether oxygens (including phenoxy) is 3. The number of esters is 1. The van der Waals surface area contributed by atoms with Gasteiger partial charge in [-0.1, -0.05) is 5.92 Å². The van der Waals surface area contributed by atoms with Crippen molar-refractivity contribution in [3.63, 3.8) is 0 Å². The number of rotatable bonds is 9. The van der Waals surface area contributed by atoms with Crippen molar-refractivity contribution in [1.29, 1.82) is 0 Å². The van der Waals surface area contributed by atoms with Crippen LogP contribution in [0.2, 0.25) is 0 Å². The van der Waals surface area contributed by atoms with Crippen LogP contribution in [0.4, 0.5) is 4.79 Å². The van der Waals surface area contributed by atoms with Gasteiger partial charge in [0.1, 0.15) is 24.0 Å². The van der Waals surface area contributed by atoms with E-state index in [1.807, 2.05) is 0 Å². The lowest BCUT2D eigenvalue weighted by Gasteiger charge is -2.20. The van der Waals surface area contributed by atoms with Crippen molar-refractivity contribution in [1.82, 2.24) is 10.6 Å². The molecule has 0 heterocycles. The molecule has 2 N–H and O–H groups in total. The molecule has 0 saturated carbocycles. The molecule has 0 aromatic heterocycles. The van der Waals surface area contributed by atoms with Crippen LogP contribution in [-0.4, -0.2) is 49.9 Å². The molecule has 0 radical (unpaired) electrons. The highest BCUT2D eigenvalue weighted by Crippen LogP contribution is 2.13. The predicted octanol–water partition coefficient (Wildman–Crippen LogP) is 2.67. The van der Waals surface area contributed by atoms with Gasteiger partial charge in [-0.05, 0) is 64.8 Å². The number of amides is 2. The second-order valence-electron chi connectivity index (χ2n) is 7.36. The van der Waals surface area contributed by atoms with E-state index in [0.29, 0.717) is 30.7 Å². The number of hydrogen-bond acceptors (Lipinski definition) is 6. The molecular formula is C22H30N2O6. The van der Waals surface area contributed by atoms with Gasteiger partial charge < -0.3 is 24.8 Å². The van der Waals surface area contributed by atoms with Crippen LogP contribution in [0.1, 0.15) is 50.9 Å². The fourth-order valence-corrected chi connectivity index (χ4v) is 2.34. The first-order chi connectivity index (χ1) is 14.2. The maximum atomic E-state index is 12.5. The molecule has 0 aliphatic carbocycles. The fraction of sp³-hybridized carbons (Fsp3) is 0.500. The van der Waals surface area contributed by atoms with E-state index in [1.54, 1.807) is 52.0 Å². The molecule has 8 heteroatoms. The van der Waals surface area contributed by atoms with Gasteiger partial charge in [-0.2, -0.15) is 0 Å². The van der Waals surface area contributed by atoms with Gasteiger partial charge >= 0.3 is 12.1 Å². The van der Waals surface area contributed by atoms with Crippen molar-refractivity contribution in [3.05, 3.63) is 29.8 Å². The van der Waals surface area contributed by atoms with E-state index in [1.165, 1.54) is 7.11 Å². The topological polar surface area (TPSA) is 103 Å². The summed E-state index contributed by atoms with van der Waals surface area (Å²) < 4.78 is 15.3. The Labute approximate surface area is 177 Å². The second-order valence-corrected chi connectivity index (χ2v) is 7.36. The maximum absolute atomic E-state index is 12.5. The van der Waals surface area contributed by atoms with E-state index in [9.17, 15) is 14.4 Å². The molecular weight excluding hydrogens is 388 g/mol. The number of methoxy groups -OCH3 is 1. The SMILES string of the molecule is CC#CCOc1ccc(C(=O)N[C@@H](CCCNC(=O)OC(C)(C)C)C(=O)OC)cc1. The third kappa shape index (κ3) is 9.82. The van der Waals surface area contributed by atoms with E-state index < -0.39 is 29.6 Å². The van der Waals surface area contributed by atoms with Crippen LogP contribution in [0, 0.1) is 11.8 Å². The Morgan fingerprint density at radius 3 is 2.37 bits per heavy atom. The van der Waals surface area contributed by atoms with E-state index in [-0.39, 0.29) is 6.61 Å². The lowest BCUT2D eigenvalue weighted by Crippen LogP contribution is -2.42. The molecule has 30 heavy (non-hydrogen) atoms. The molecule has 0 saturated heterocycles. The molecule has 0 spiro atoms. The second kappa shape index (κ2) is 12.4. The molecule has 0 aliphatic rings. The van der Waals surface area contributed by atoms with Gasteiger partial charge in [0.15, 0.2) is 0 Å². The third-order valence-corrected chi connectivity index (χ3v) is 3.73. The van der Waals surface area contributed by atoms with Crippen molar-refractivity contribution in [2.24, 2.45) is 0 Å². The number of alkyl carbamates (subject to hydrolysis) is 1. The normalized spacial score (nSPS) is 11.4. The summed E-state index contributed by atoms with van der Waals surface area (Å²) in [6, 6.07) is 5.68. The van der Waals surface area contributed by atoms with Crippen LogP contribution >= 0.6 is 0 Å². The third-order valence-electron chi connectivity index (χ3n) is 3.73. The fourth-order valence-electron chi connectivity index (χ4n) is 2.34. The number of benzene rings is 1. The molecule has 0 fully saturated rings. The Hall–Kier alpha value is -3.21. The van der Waals surface area contributed by atoms with E-state index >= 15 is 0 Å². The average molecular weight is 418 g/mol. The molecule has 0 bridgehead atoms. The first-order valence-electron chi connectivity index (χ1n) is 9.64. The van der Waals surface area contributed by atoms with Crippen LogP contribution in [0.5, 0.6) is 5.75 Å². The molecule has 1 aromatic carbocycles. The lowest BCUT2D eigenvalue weighted by molar-refractivity contribution is -0.143. The van der Waals surface area contributed by atoms with Gasteiger partial charge in [0.05, 0.1) is 7.11 Å². The van der Waals surface area contributed by atoms with Gasteiger partial charge in [0, 0.05) is 12.1 Å². The molecule has 0 aliphatic heterocycles. The van der Waals surface area contributed by atoms with Gasteiger partial charge in [-0.25, -0.2) is 9.59 Å². The Morgan fingerprint density at radius 2 is 1.80 bits per heavy atom. The molecule has 1 aromatic rings. The zero-order valence-corrected chi connectivity index (χ0v) is 18.2. The van der Waals surface area contributed by atoms with Crippen molar-refractivity contribution in [2.75, 3.05) is 20.3 Å². The number of hydrogen-bond donors (Lipinski definition) is 2. The molecule has 0 unspecified atom stereocenters. The van der Waals surface area contributed by atoms with Crippen molar-refractivity contribution < 1.29 is 28.6 Å². The zero-order chi connectivity index (χ0) is 22.6. The summed E-state index contributed by atoms with van der Waals surface area (Å²) >= 11 is 0. The Kier molecular flexibility index (Phi) is 10.2. The van der Waals surface area contributed by atoms with E-state index in [0.717, 1.165) is 0 Å². The highest BCUT2D eigenvalue weighted by molar-refractivity contribution is 5.96. The highest BCUT2D eigenvalue weighted by atomic mass is 16.6. The van der Waals surface area contributed by atoms with Crippen LogP contribution < -0.4 is 15.4 Å². The average Bonchev–Trinajstić information content (AvgIpc) is 2.69. The largest absolute Gasteiger partial charge is 0.481 e. The predicted molar refractivity (Wildman–Crippen MR) is 112 cm³/mol. The summed E-state index contributed by atoms with van der Waals surface area (Å²) in [6.07, 6.45) is 0.212. The van der Waals surface area contributed by atoms with Gasteiger partial charge in [-0.3, -0.25) is 4.79 Å². The maximum Gasteiger partial charge on any atom is 0.407 e. The monoisotopic (exact) mass is 418 g/mol.